The zero-order valence-corrected chi connectivity index (χ0v) is 70.1. The first-order chi connectivity index (χ1) is 56.3. The van der Waals surface area contributed by atoms with Gasteiger partial charge in [0.25, 0.3) is 32.3 Å². The summed E-state index contributed by atoms with van der Waals surface area (Å²) in [5.41, 5.74) is 2.30. The van der Waals surface area contributed by atoms with E-state index < -0.39 is 236 Å². The summed E-state index contributed by atoms with van der Waals surface area (Å²) in [6.45, 7) is -5.42. The molecule has 13 rings (SSSR count). The van der Waals surface area contributed by atoms with Gasteiger partial charge in [0.1, 0.15) is 115 Å². The smallest absolute Gasteiger partial charge is 0.351 e. The van der Waals surface area contributed by atoms with Crippen molar-refractivity contribution < 1.29 is 131 Å². The Bertz CT molecular complexity index is 5370. The number of ether oxygens (including phenoxy) is 13. The number of nitrogen functional groups attached to an aromatic ring is 2. The second-order valence-corrected chi connectivity index (χ2v) is 36.7. The van der Waals surface area contributed by atoms with Crippen molar-refractivity contribution in [2.24, 2.45) is 0 Å². The number of aliphatic hydroxyl groups excluding tert-OH is 1. The van der Waals surface area contributed by atoms with Gasteiger partial charge in [0.05, 0.1) is 84.6 Å². The Balaban J connectivity index is 0.788. The molecule has 7 aliphatic heterocycles. The van der Waals surface area contributed by atoms with Crippen LogP contribution in [0.4, 0.5) is 11.6 Å². The van der Waals surface area contributed by atoms with Gasteiger partial charge in [-0.1, -0.05) is 18.7 Å². The number of nitrogens with two attached hydrogens (primary N) is 2. The molecule has 7 aliphatic rings. The maximum absolute atomic E-state index is 15.3. The van der Waals surface area contributed by atoms with Crippen LogP contribution in [0.3, 0.4) is 0 Å². The Hall–Kier alpha value is -6.24. The Morgan fingerprint density at radius 1 is 0.538 bits per heavy atom. The minimum Gasteiger partial charge on any atom is -0.780 e. The van der Waals surface area contributed by atoms with Crippen LogP contribution in [0, 0.1) is 27.7 Å². The summed E-state index contributed by atoms with van der Waals surface area (Å²) in [5.74, 6) is -0.185. The largest absolute Gasteiger partial charge is 0.780 e. The molecule has 6 aromatic heterocycles. The van der Waals surface area contributed by atoms with Gasteiger partial charge in [0, 0.05) is 68.4 Å². The summed E-state index contributed by atoms with van der Waals surface area (Å²) in [4.78, 5) is 160. The van der Waals surface area contributed by atoms with E-state index in [1.165, 1.54) is 72.3 Å². The molecule has 49 nitrogen and oxygen atoms in total. The standard InChI is InChI=1S/C64H90N14O35P4S2/c1-11-63-32(6)103-44(57(108-63)77-21-31(5)53(82)73-62(77)86)46(63)112-114(87,88)99-23-35-39(42(97-16-13-94-9)55(106-35)75-19-29(3)51(80)71-60(75)84)110-115(89,90)102-25-64-33(7)104-45(58(109-64)78-27-69-37-49(66)67-26-68-50(37)78)47(64)113-117(92,119)101-24-36-40(43(98-17-14-95-10)56(107-36)76-20-30(4)52(81)72-61(76)85)111-116(91,118)100-22-34-38(79)41(96-15-12-93-8)54(105-34)74-18-28(2)48(65)70-59(74)83/h18-21,26-27,32-36,38-47,54-58,79H,11-17,22-25H2,1-10H3,(H,87,88)(H,89,90)(H,91,118)(H,92,119)(H2,65,70,83)(H2,66,67,68)(H,71,80,84)(H,72,81,85)(H,73,82,86)/p-4/t32-,33-,34+,35+,36+,38?,39?,40?,41-,42-,43-,44-,45-,46?,47?,54+,55+,56+,57+,58+,63-,64-,116?,117?/m0/s1. The number of nitrogens with one attached hydrogen (secondary N) is 3. The molecule has 55 heteroatoms. The predicted molar refractivity (Wildman–Crippen MR) is 401 cm³/mol. The van der Waals surface area contributed by atoms with Gasteiger partial charge in [-0.05, 0) is 48.0 Å². The maximum atomic E-state index is 15.3. The van der Waals surface area contributed by atoms with Crippen molar-refractivity contribution >= 4 is 76.0 Å². The second kappa shape index (κ2) is 36.1. The van der Waals surface area contributed by atoms with E-state index in [1.54, 1.807) is 20.8 Å². The first-order valence-electron chi connectivity index (χ1n) is 36.7. The van der Waals surface area contributed by atoms with Gasteiger partial charge in [-0.2, -0.15) is 4.98 Å². The predicted octanol–water partition coefficient (Wildman–Crippen LogP) is -3.42. The van der Waals surface area contributed by atoms with Gasteiger partial charge >= 0.3 is 22.8 Å². The van der Waals surface area contributed by atoms with Crippen molar-refractivity contribution in [2.75, 3.05) is 98.9 Å². The van der Waals surface area contributed by atoms with Crippen LogP contribution in [0.25, 0.3) is 11.2 Å². The van der Waals surface area contributed by atoms with Crippen molar-refractivity contribution in [3.63, 3.8) is 0 Å². The highest BCUT2D eigenvalue weighted by Gasteiger charge is 2.69. The third-order valence-electron chi connectivity index (χ3n) is 21.1. The van der Waals surface area contributed by atoms with Crippen LogP contribution in [0.2, 0.25) is 0 Å². The molecule has 7 fully saturated rings. The van der Waals surface area contributed by atoms with E-state index in [0.29, 0.717) is 5.56 Å². The summed E-state index contributed by atoms with van der Waals surface area (Å²) in [6, 6.07) is 0. The molecule has 0 amide bonds. The number of aliphatic hydroxyl groups is 1. The average molecular weight is 1800 g/mol. The number of methoxy groups -OCH3 is 3. The Morgan fingerprint density at radius 2 is 0.992 bits per heavy atom. The number of phosphoric ester groups is 2. The van der Waals surface area contributed by atoms with Gasteiger partial charge in [0.15, 0.2) is 49.4 Å². The van der Waals surface area contributed by atoms with Gasteiger partial charge in [0.2, 0.25) is 0 Å². The van der Waals surface area contributed by atoms with E-state index in [-0.39, 0.29) is 78.9 Å². The highest BCUT2D eigenvalue weighted by atomic mass is 32.7. The molecule has 4 bridgehead atoms. The molecule has 0 aliphatic carbocycles. The molecule has 9 unspecified atom stereocenters. The molecule has 6 aromatic rings. The summed E-state index contributed by atoms with van der Waals surface area (Å²) in [5, 5.41) is 11.7. The van der Waals surface area contributed by atoms with E-state index in [1.807, 2.05) is 0 Å². The first-order valence-corrected chi connectivity index (χ1v) is 44.7. The SMILES string of the molecule is CC[C@]12O[C@@H](n3cc(C)c(=O)[nH]c3=O)[C@@H](O[C@H]1C)C2OP(=O)([O-])OC[C@H]1O[C@@H](n2cc(C)c(=O)[nH]c2=O)[C@@H](OCCOC)C1OP(=O)([O-])OC[C@]12O[C@@H](n3cnc4c(N)ncnc43)[C@@H](O[C@H]1C)C2OP([O-])(=S)OC[C@H]1O[C@@H](n2cc(C)c(=O)[nH]c2=O)[C@@H](OCCOC)C1OP(=O)([S-])OC[C@H]1O[C@@H](n2cc(C)c(N)nc2=O)[C@@H](OCCOC)C1O. The van der Waals surface area contributed by atoms with E-state index in [4.69, 9.17) is 133 Å². The highest BCUT2D eigenvalue weighted by molar-refractivity contribution is 8.32. The maximum Gasteiger partial charge on any atom is 0.351 e. The molecule has 0 aromatic carbocycles. The van der Waals surface area contributed by atoms with E-state index in [9.17, 15) is 52.7 Å². The summed E-state index contributed by atoms with van der Waals surface area (Å²) in [7, 11) is -7.81. The molecule has 0 radical (unpaired) electrons. The number of rotatable bonds is 38. The van der Waals surface area contributed by atoms with Crippen LogP contribution in [0.5, 0.6) is 0 Å². The van der Waals surface area contributed by atoms with Crippen molar-refractivity contribution in [2.45, 2.75) is 189 Å². The molecule has 26 atom stereocenters. The van der Waals surface area contributed by atoms with Crippen LogP contribution >= 0.6 is 29.2 Å². The van der Waals surface area contributed by atoms with Crippen LogP contribution in [0.15, 0.2) is 71.0 Å². The quantitative estimate of drug-likeness (QED) is 0.0125. The van der Waals surface area contributed by atoms with Crippen LogP contribution in [-0.2, 0) is 136 Å². The number of fused-ring (bicyclic) bond motifs is 5. The van der Waals surface area contributed by atoms with Crippen LogP contribution in [-0.4, -0.2) is 253 Å². The fourth-order valence-electron chi connectivity index (χ4n) is 15.1. The van der Waals surface area contributed by atoms with E-state index >= 15 is 14.4 Å². The number of aromatic amines is 3. The van der Waals surface area contributed by atoms with Crippen molar-refractivity contribution in [3.05, 3.63) is 133 Å². The summed E-state index contributed by atoms with van der Waals surface area (Å²) in [6.07, 6.45) is -24.8. The molecular weight excluding hydrogens is 1710 g/mol. The number of phosphoric acid groups is 2. The molecule has 658 valence electrons. The highest BCUT2D eigenvalue weighted by Crippen LogP contribution is 2.60. The first kappa shape index (κ1) is 90.5. The minimum absolute atomic E-state index is 0.0136. The fraction of sp³-hybridized carbons (Fsp3) is 0.672. The topological polar surface area (TPSA) is 630 Å². The van der Waals surface area contributed by atoms with Gasteiger partial charge in [-0.25, -0.2) is 34.1 Å². The van der Waals surface area contributed by atoms with E-state index in [0.717, 1.165) is 37.0 Å². The molecule has 119 heavy (non-hydrogen) atoms. The lowest BCUT2D eigenvalue weighted by Gasteiger charge is -2.40. The fourth-order valence-corrected chi connectivity index (χ4v) is 19.9. The third kappa shape index (κ3) is 18.5. The summed E-state index contributed by atoms with van der Waals surface area (Å²) >= 11 is 11.1. The molecule has 13 heterocycles. The lowest BCUT2D eigenvalue weighted by Crippen LogP contribution is -2.51. The van der Waals surface area contributed by atoms with Gasteiger partial charge in [-0.3, -0.25) is 65.9 Å². The van der Waals surface area contributed by atoms with Crippen molar-refractivity contribution in [1.29, 1.82) is 0 Å². The Labute approximate surface area is 682 Å². The number of imidazole rings is 1. The third-order valence-corrected chi connectivity index (χ3v) is 26.1. The number of aryl methyl sites for hydroxylation is 4. The number of nitrogens with zero attached hydrogens (tertiary/aromatic N) is 9. The number of H-pyrrole nitrogens is 3. The number of hydrogen-bond acceptors (Lipinski definition) is 43. The minimum atomic E-state index is -6.10. The molecule has 0 spiro atoms. The second-order valence-electron chi connectivity index (χ2n) is 28.6. The van der Waals surface area contributed by atoms with Gasteiger partial charge in [-0.15, -0.1) is 0 Å². The van der Waals surface area contributed by atoms with Crippen molar-refractivity contribution in [1.82, 2.24) is 57.7 Å². The molecular formula is C64H86N14O35P4S2-4. The van der Waals surface area contributed by atoms with Gasteiger partial charge < -0.3 is 141 Å². The summed E-state index contributed by atoms with van der Waals surface area (Å²) < 4.78 is 175. The number of anilines is 2. The van der Waals surface area contributed by atoms with Crippen LogP contribution < -0.4 is 65.6 Å². The normalized spacial score (nSPS) is 33.0. The zero-order chi connectivity index (χ0) is 85.9. The van der Waals surface area contributed by atoms with Crippen molar-refractivity contribution in [3.8, 4) is 0 Å². The zero-order valence-electron chi connectivity index (χ0n) is 64.9. The lowest BCUT2D eigenvalue weighted by molar-refractivity contribution is -0.252. The van der Waals surface area contributed by atoms with Crippen LogP contribution in [0.1, 0.15) is 80.6 Å². The van der Waals surface area contributed by atoms with E-state index in [2.05, 4.69) is 34.9 Å². The molecule has 7 saturated heterocycles. The number of aromatic nitrogens is 12. The Kier molecular flexibility index (Phi) is 27.5. The molecule has 0 saturated carbocycles. The Morgan fingerprint density at radius 3 is 1.54 bits per heavy atom. The average Bonchev–Trinajstić information content (AvgIpc) is 1.55. The molecule has 8 N–H and O–H groups in total. The lowest BCUT2D eigenvalue weighted by atomic mass is 9.91. The number of hydrogen-bond donors (Lipinski definition) is 6. The monoisotopic (exact) mass is 1800 g/mol.